The first-order valence-corrected chi connectivity index (χ1v) is 4.08. The molecule has 0 fully saturated rings. The second-order valence-electron chi connectivity index (χ2n) is 2.79. The normalized spacial score (nSPS) is 11.6. The van der Waals surface area contributed by atoms with Crippen molar-refractivity contribution in [3.05, 3.63) is 28.3 Å². The zero-order valence-corrected chi connectivity index (χ0v) is 8.00. The quantitative estimate of drug-likeness (QED) is 0.569. The Balaban J connectivity index is 3.28. The monoisotopic (exact) mass is 224 g/mol. The molecule has 1 rings (SSSR count). The Morgan fingerprint density at radius 1 is 1.36 bits per heavy atom. The second kappa shape index (κ2) is 3.67. The molecule has 0 saturated carbocycles. The molecule has 3 N–H and O–H groups in total. The van der Waals surface area contributed by atoms with Gasteiger partial charge in [0.1, 0.15) is 0 Å². The van der Waals surface area contributed by atoms with Gasteiger partial charge in [-0.05, 0) is 24.6 Å². The molecule has 0 unspecified atom stereocenters. The van der Waals surface area contributed by atoms with Crippen LogP contribution in [-0.2, 0) is 6.18 Å². The van der Waals surface area contributed by atoms with E-state index in [0.29, 0.717) is 11.3 Å². The largest absolute Gasteiger partial charge is 0.416 e. The van der Waals surface area contributed by atoms with Crippen molar-refractivity contribution >= 4 is 17.3 Å². The Bertz CT molecular complexity index is 326. The van der Waals surface area contributed by atoms with Crippen molar-refractivity contribution in [2.75, 3.05) is 5.43 Å². The number of hydrazine groups is 1. The van der Waals surface area contributed by atoms with Gasteiger partial charge in [0.05, 0.1) is 16.3 Å². The zero-order valence-electron chi connectivity index (χ0n) is 7.24. The summed E-state index contributed by atoms with van der Waals surface area (Å²) in [5, 5.41) is -0.0418. The molecule has 0 atom stereocenters. The zero-order chi connectivity index (χ0) is 10.9. The molecule has 0 aliphatic rings. The number of nitrogens with one attached hydrogen (secondary N) is 1. The molecule has 0 aliphatic carbocycles. The molecule has 78 valence electrons. The molecule has 14 heavy (non-hydrogen) atoms. The second-order valence-corrected chi connectivity index (χ2v) is 3.20. The van der Waals surface area contributed by atoms with E-state index in [1.807, 2.05) is 0 Å². The predicted octanol–water partition coefficient (Wildman–Crippen LogP) is 2.95. The van der Waals surface area contributed by atoms with Gasteiger partial charge in [-0.3, -0.25) is 5.84 Å². The van der Waals surface area contributed by atoms with Crippen LogP contribution in [0.25, 0.3) is 0 Å². The summed E-state index contributed by atoms with van der Waals surface area (Å²) in [6.45, 7) is 1.50. The summed E-state index contributed by atoms with van der Waals surface area (Å²) in [5.74, 6) is 5.09. The fraction of sp³-hybridized carbons (Fsp3) is 0.250. The fourth-order valence-electron chi connectivity index (χ4n) is 1.09. The number of hydrogen-bond donors (Lipinski definition) is 2. The van der Waals surface area contributed by atoms with Crippen LogP contribution in [0.5, 0.6) is 0 Å². The third kappa shape index (κ3) is 2.10. The van der Waals surface area contributed by atoms with Crippen LogP contribution in [0.1, 0.15) is 11.1 Å². The minimum atomic E-state index is -4.39. The summed E-state index contributed by atoms with van der Waals surface area (Å²) in [7, 11) is 0. The number of anilines is 1. The summed E-state index contributed by atoms with van der Waals surface area (Å²) in [5.41, 5.74) is 2.12. The maximum Gasteiger partial charge on any atom is 0.416 e. The van der Waals surface area contributed by atoms with Gasteiger partial charge in [-0.15, -0.1) is 0 Å². The van der Waals surface area contributed by atoms with E-state index >= 15 is 0 Å². The number of rotatable bonds is 1. The fourth-order valence-corrected chi connectivity index (χ4v) is 1.41. The average molecular weight is 225 g/mol. The van der Waals surface area contributed by atoms with Gasteiger partial charge in [0.2, 0.25) is 0 Å². The lowest BCUT2D eigenvalue weighted by Crippen LogP contribution is -2.11. The highest BCUT2D eigenvalue weighted by atomic mass is 35.5. The van der Waals surface area contributed by atoms with Gasteiger partial charge in [0, 0.05) is 0 Å². The van der Waals surface area contributed by atoms with E-state index in [0.717, 1.165) is 12.1 Å². The van der Waals surface area contributed by atoms with Crippen molar-refractivity contribution in [1.29, 1.82) is 0 Å². The van der Waals surface area contributed by atoms with E-state index in [2.05, 4.69) is 5.43 Å². The van der Waals surface area contributed by atoms with E-state index in [1.165, 1.54) is 6.92 Å². The lowest BCUT2D eigenvalue weighted by Gasteiger charge is -2.12. The highest BCUT2D eigenvalue weighted by Crippen LogP contribution is 2.35. The topological polar surface area (TPSA) is 38.0 Å². The third-order valence-corrected chi connectivity index (χ3v) is 2.06. The average Bonchev–Trinajstić information content (AvgIpc) is 2.01. The molecule has 0 amide bonds. The standard InChI is InChI=1S/C8H8ClF3N2/c1-4-2-5(8(10,11)12)3-6(9)7(4)14-13/h2-3,14H,13H2,1H3. The lowest BCUT2D eigenvalue weighted by atomic mass is 10.1. The molecule has 0 bridgehead atoms. The van der Waals surface area contributed by atoms with Gasteiger partial charge in [0.15, 0.2) is 0 Å². The molecule has 0 heterocycles. The first-order valence-electron chi connectivity index (χ1n) is 3.70. The lowest BCUT2D eigenvalue weighted by molar-refractivity contribution is -0.137. The van der Waals surface area contributed by atoms with Crippen LogP contribution in [0.4, 0.5) is 18.9 Å². The van der Waals surface area contributed by atoms with Crippen molar-refractivity contribution in [3.8, 4) is 0 Å². The summed E-state index contributed by atoms with van der Waals surface area (Å²) in [4.78, 5) is 0. The molecule has 1 aromatic rings. The summed E-state index contributed by atoms with van der Waals surface area (Å²) >= 11 is 5.60. The van der Waals surface area contributed by atoms with E-state index < -0.39 is 11.7 Å². The third-order valence-electron chi connectivity index (χ3n) is 1.76. The van der Waals surface area contributed by atoms with Crippen LogP contribution >= 0.6 is 11.6 Å². The number of nitrogen functional groups attached to an aromatic ring is 1. The minimum absolute atomic E-state index is 0.0418. The van der Waals surface area contributed by atoms with E-state index in [-0.39, 0.29) is 5.02 Å². The highest BCUT2D eigenvalue weighted by molar-refractivity contribution is 6.33. The first-order chi connectivity index (χ1) is 6.36. The van der Waals surface area contributed by atoms with E-state index in [1.54, 1.807) is 0 Å². The van der Waals surface area contributed by atoms with Crippen LogP contribution in [0.15, 0.2) is 12.1 Å². The number of benzene rings is 1. The molecule has 0 aromatic heterocycles. The Hall–Kier alpha value is -0.940. The van der Waals surface area contributed by atoms with Crippen LogP contribution in [-0.4, -0.2) is 0 Å². The van der Waals surface area contributed by atoms with Gasteiger partial charge in [0.25, 0.3) is 0 Å². The Kier molecular flexibility index (Phi) is 2.92. The first kappa shape index (κ1) is 11.1. The van der Waals surface area contributed by atoms with Gasteiger partial charge >= 0.3 is 6.18 Å². The van der Waals surface area contributed by atoms with Gasteiger partial charge in [-0.1, -0.05) is 11.6 Å². The van der Waals surface area contributed by atoms with Crippen molar-refractivity contribution < 1.29 is 13.2 Å². The molecule has 0 aliphatic heterocycles. The number of halogens is 4. The van der Waals surface area contributed by atoms with Crippen LogP contribution in [0.2, 0.25) is 5.02 Å². The van der Waals surface area contributed by atoms with Crippen LogP contribution in [0, 0.1) is 6.92 Å². The summed E-state index contributed by atoms with van der Waals surface area (Å²) in [6.07, 6.45) is -4.39. The van der Waals surface area contributed by atoms with Crippen LogP contribution < -0.4 is 11.3 Å². The van der Waals surface area contributed by atoms with E-state index in [4.69, 9.17) is 17.4 Å². The Labute approximate surface area is 83.8 Å². The smallest absolute Gasteiger partial charge is 0.322 e. The van der Waals surface area contributed by atoms with Gasteiger partial charge < -0.3 is 5.43 Å². The number of aryl methyl sites for hydroxylation is 1. The summed E-state index contributed by atoms with van der Waals surface area (Å²) < 4.78 is 36.8. The Morgan fingerprint density at radius 2 is 1.93 bits per heavy atom. The Morgan fingerprint density at radius 3 is 2.29 bits per heavy atom. The molecule has 0 saturated heterocycles. The molecular formula is C8H8ClF3N2. The minimum Gasteiger partial charge on any atom is -0.322 e. The van der Waals surface area contributed by atoms with Crippen LogP contribution in [0.3, 0.4) is 0 Å². The molecular weight excluding hydrogens is 217 g/mol. The van der Waals surface area contributed by atoms with Crippen molar-refractivity contribution in [3.63, 3.8) is 0 Å². The number of nitrogens with two attached hydrogens (primary N) is 1. The molecule has 2 nitrogen and oxygen atoms in total. The van der Waals surface area contributed by atoms with Crippen molar-refractivity contribution in [2.45, 2.75) is 13.1 Å². The maximum atomic E-state index is 12.3. The molecule has 0 spiro atoms. The van der Waals surface area contributed by atoms with Gasteiger partial charge in [-0.25, -0.2) is 0 Å². The number of alkyl halides is 3. The predicted molar refractivity (Wildman–Crippen MR) is 49.0 cm³/mol. The summed E-state index contributed by atoms with van der Waals surface area (Å²) in [6, 6.07) is 1.82. The maximum absolute atomic E-state index is 12.3. The molecule has 6 heteroatoms. The molecule has 0 radical (unpaired) electrons. The SMILES string of the molecule is Cc1cc(C(F)(F)F)cc(Cl)c1NN. The van der Waals surface area contributed by atoms with E-state index in [9.17, 15) is 13.2 Å². The number of hydrogen-bond acceptors (Lipinski definition) is 2. The highest BCUT2D eigenvalue weighted by Gasteiger charge is 2.31. The van der Waals surface area contributed by atoms with Gasteiger partial charge in [-0.2, -0.15) is 13.2 Å². The van der Waals surface area contributed by atoms with Crippen molar-refractivity contribution in [2.24, 2.45) is 5.84 Å². The van der Waals surface area contributed by atoms with Crippen molar-refractivity contribution in [1.82, 2.24) is 0 Å². The molecule has 1 aromatic carbocycles.